The van der Waals surface area contributed by atoms with E-state index in [4.69, 9.17) is 5.73 Å². The number of urea groups is 1. The van der Waals surface area contributed by atoms with Crippen molar-refractivity contribution in [3.8, 4) is 0 Å². The Morgan fingerprint density at radius 1 is 1.22 bits per heavy atom. The fourth-order valence-electron chi connectivity index (χ4n) is 1.52. The van der Waals surface area contributed by atoms with Crippen LogP contribution in [-0.2, 0) is 9.59 Å². The quantitative estimate of drug-likeness (QED) is 0.592. The van der Waals surface area contributed by atoms with Crippen molar-refractivity contribution in [2.45, 2.75) is 39.8 Å². The molecule has 104 valence electrons. The average Bonchev–Trinajstić information content (AvgIpc) is 2.24. The number of carbonyl (C=O) groups is 3. The van der Waals surface area contributed by atoms with E-state index >= 15 is 0 Å². The molecule has 0 aliphatic carbocycles. The lowest BCUT2D eigenvalue weighted by Gasteiger charge is -2.30. The summed E-state index contributed by atoms with van der Waals surface area (Å²) in [5.74, 6) is -0.975. The van der Waals surface area contributed by atoms with E-state index in [0.717, 1.165) is 0 Å². The topological polar surface area (TPSA) is 105 Å². The Labute approximate surface area is 107 Å². The second kappa shape index (κ2) is 7.65. The van der Waals surface area contributed by atoms with Crippen molar-refractivity contribution in [3.05, 3.63) is 0 Å². The zero-order valence-corrected chi connectivity index (χ0v) is 11.3. The van der Waals surface area contributed by atoms with E-state index < -0.39 is 23.9 Å². The Morgan fingerprint density at radius 2 is 1.78 bits per heavy atom. The fourth-order valence-corrected chi connectivity index (χ4v) is 1.52. The maximum absolute atomic E-state index is 11.8. The number of rotatable bonds is 6. The molecule has 0 aromatic heterocycles. The molecule has 0 aliphatic heterocycles. The van der Waals surface area contributed by atoms with Gasteiger partial charge in [-0.2, -0.15) is 0 Å². The van der Waals surface area contributed by atoms with E-state index in [1.165, 1.54) is 0 Å². The average molecular weight is 258 g/mol. The minimum Gasteiger partial charge on any atom is -0.369 e. The predicted octanol–water partition coefficient (Wildman–Crippen LogP) is -0.584. The van der Waals surface area contributed by atoms with Crippen LogP contribution >= 0.6 is 0 Å². The minimum atomic E-state index is -0.611. The molecule has 4 amide bonds. The molecule has 0 aliphatic rings. The summed E-state index contributed by atoms with van der Waals surface area (Å²) in [5, 5.41) is 4.67. The summed E-state index contributed by atoms with van der Waals surface area (Å²) in [6.45, 7) is 7.47. The van der Waals surface area contributed by atoms with Crippen LogP contribution in [0.3, 0.4) is 0 Å². The summed E-state index contributed by atoms with van der Waals surface area (Å²) in [6, 6.07) is -1.19. The maximum atomic E-state index is 11.8. The van der Waals surface area contributed by atoms with Gasteiger partial charge >= 0.3 is 6.03 Å². The highest BCUT2D eigenvalue weighted by Crippen LogP contribution is 2.05. The van der Waals surface area contributed by atoms with Crippen LogP contribution < -0.4 is 16.4 Å². The van der Waals surface area contributed by atoms with Gasteiger partial charge < -0.3 is 11.1 Å². The molecule has 0 rings (SSSR count). The van der Waals surface area contributed by atoms with Crippen LogP contribution in [-0.4, -0.2) is 47.9 Å². The Balaban J connectivity index is 4.56. The lowest BCUT2D eigenvalue weighted by Crippen LogP contribution is -2.53. The van der Waals surface area contributed by atoms with E-state index in [-0.39, 0.29) is 12.6 Å². The van der Waals surface area contributed by atoms with Gasteiger partial charge in [0.1, 0.15) is 0 Å². The Morgan fingerprint density at radius 3 is 2.17 bits per heavy atom. The van der Waals surface area contributed by atoms with Gasteiger partial charge in [0.05, 0.1) is 12.6 Å². The number of nitrogens with two attached hydrogens (primary N) is 1. The summed E-state index contributed by atoms with van der Waals surface area (Å²) in [5.41, 5.74) is 5.13. The number of primary amides is 1. The van der Waals surface area contributed by atoms with Crippen molar-refractivity contribution in [2.75, 3.05) is 13.1 Å². The number of carbonyl (C=O) groups excluding carboxylic acids is 3. The van der Waals surface area contributed by atoms with Gasteiger partial charge in [0.2, 0.25) is 11.8 Å². The highest BCUT2D eigenvalue weighted by molar-refractivity contribution is 5.97. The Hall–Kier alpha value is -1.63. The molecule has 0 fully saturated rings. The zero-order chi connectivity index (χ0) is 14.3. The van der Waals surface area contributed by atoms with Gasteiger partial charge in [0.25, 0.3) is 0 Å². The van der Waals surface area contributed by atoms with E-state index in [1.807, 2.05) is 13.8 Å². The van der Waals surface area contributed by atoms with Crippen LogP contribution in [0.4, 0.5) is 4.79 Å². The molecule has 0 aromatic carbocycles. The van der Waals surface area contributed by atoms with Crippen LogP contribution in [0.5, 0.6) is 0 Å². The second-order valence-electron chi connectivity index (χ2n) is 4.26. The molecule has 0 heterocycles. The number of imide groups is 1. The number of hydrogen-bond donors (Lipinski definition) is 3. The number of nitrogens with zero attached hydrogens (tertiary/aromatic N) is 1. The van der Waals surface area contributed by atoms with Crippen molar-refractivity contribution >= 4 is 17.8 Å². The monoisotopic (exact) mass is 258 g/mol. The van der Waals surface area contributed by atoms with E-state index in [2.05, 4.69) is 10.6 Å². The number of nitrogens with one attached hydrogen (secondary N) is 2. The third kappa shape index (κ3) is 5.62. The first-order valence-electron chi connectivity index (χ1n) is 5.92. The Kier molecular flexibility index (Phi) is 6.96. The number of hydrogen-bond acceptors (Lipinski definition) is 4. The van der Waals surface area contributed by atoms with Crippen LogP contribution in [0.15, 0.2) is 0 Å². The first-order valence-corrected chi connectivity index (χ1v) is 5.92. The van der Waals surface area contributed by atoms with Crippen molar-refractivity contribution in [1.29, 1.82) is 0 Å². The van der Waals surface area contributed by atoms with Gasteiger partial charge in [0.15, 0.2) is 0 Å². The lowest BCUT2D eigenvalue weighted by atomic mass is 10.2. The first kappa shape index (κ1) is 16.4. The molecule has 0 aromatic rings. The molecule has 7 heteroatoms. The van der Waals surface area contributed by atoms with Crippen LogP contribution in [0.1, 0.15) is 27.7 Å². The molecule has 4 N–H and O–H groups in total. The van der Waals surface area contributed by atoms with Gasteiger partial charge in [-0.25, -0.2) is 4.79 Å². The van der Waals surface area contributed by atoms with Crippen molar-refractivity contribution in [2.24, 2.45) is 5.73 Å². The minimum absolute atomic E-state index is 0.0261. The van der Waals surface area contributed by atoms with Gasteiger partial charge in [-0.05, 0) is 27.7 Å². The highest BCUT2D eigenvalue weighted by Gasteiger charge is 2.25. The maximum Gasteiger partial charge on any atom is 0.321 e. The molecule has 0 saturated carbocycles. The predicted molar refractivity (Wildman–Crippen MR) is 67.7 cm³/mol. The molecule has 1 unspecified atom stereocenters. The standard InChI is InChI=1S/C11H22N4O3/c1-5-13-11(18)14-10(17)8(4)15(7(2)3)6-9(12)16/h7-8H,5-6H2,1-4H3,(H2,12,16)(H2,13,14,17,18). The van der Waals surface area contributed by atoms with Crippen molar-refractivity contribution in [1.82, 2.24) is 15.5 Å². The SMILES string of the molecule is CCNC(=O)NC(=O)C(C)N(CC(N)=O)C(C)C. The second-order valence-corrected chi connectivity index (χ2v) is 4.26. The van der Waals surface area contributed by atoms with E-state index in [1.54, 1.807) is 18.7 Å². The van der Waals surface area contributed by atoms with Crippen molar-refractivity contribution < 1.29 is 14.4 Å². The molecule has 0 spiro atoms. The van der Waals surface area contributed by atoms with Crippen LogP contribution in [0.2, 0.25) is 0 Å². The molecule has 0 saturated heterocycles. The largest absolute Gasteiger partial charge is 0.369 e. The lowest BCUT2D eigenvalue weighted by molar-refractivity contribution is -0.127. The smallest absolute Gasteiger partial charge is 0.321 e. The summed E-state index contributed by atoms with van der Waals surface area (Å²) >= 11 is 0. The molecule has 0 radical (unpaired) electrons. The van der Waals surface area contributed by atoms with Gasteiger partial charge in [-0.1, -0.05) is 0 Å². The fraction of sp³-hybridized carbons (Fsp3) is 0.727. The summed E-state index contributed by atoms with van der Waals surface area (Å²) in [6.07, 6.45) is 0. The van der Waals surface area contributed by atoms with Gasteiger partial charge in [-0.15, -0.1) is 0 Å². The third-order valence-corrected chi connectivity index (χ3v) is 2.45. The molecular formula is C11H22N4O3. The number of amides is 4. The summed E-state index contributed by atoms with van der Waals surface area (Å²) in [7, 11) is 0. The molecule has 1 atom stereocenters. The van der Waals surface area contributed by atoms with Gasteiger partial charge in [0, 0.05) is 12.6 Å². The normalized spacial score (nSPS) is 12.3. The molecular weight excluding hydrogens is 236 g/mol. The summed E-state index contributed by atoms with van der Waals surface area (Å²) < 4.78 is 0. The summed E-state index contributed by atoms with van der Waals surface area (Å²) in [4.78, 5) is 35.6. The van der Waals surface area contributed by atoms with E-state index in [0.29, 0.717) is 6.54 Å². The molecule has 0 bridgehead atoms. The van der Waals surface area contributed by atoms with Gasteiger partial charge in [-0.3, -0.25) is 19.8 Å². The van der Waals surface area contributed by atoms with Crippen LogP contribution in [0, 0.1) is 0 Å². The molecule has 7 nitrogen and oxygen atoms in total. The Bertz CT molecular complexity index is 317. The zero-order valence-electron chi connectivity index (χ0n) is 11.3. The molecule has 18 heavy (non-hydrogen) atoms. The van der Waals surface area contributed by atoms with E-state index in [9.17, 15) is 14.4 Å². The highest BCUT2D eigenvalue weighted by atomic mass is 16.2. The van der Waals surface area contributed by atoms with Crippen molar-refractivity contribution in [3.63, 3.8) is 0 Å². The van der Waals surface area contributed by atoms with Crippen LogP contribution in [0.25, 0.3) is 0 Å². The third-order valence-electron chi connectivity index (χ3n) is 2.45. The first-order chi connectivity index (χ1) is 8.29.